The van der Waals surface area contributed by atoms with E-state index in [9.17, 15) is 9.59 Å². The standard InChI is InChI=1S/C12H9BrClNO3/c1-2-3-15(7-11(16)17)12(18)8-4-9(13)6-10(14)5-8/h1,4-6H,3,7H2,(H,16,17). The highest BCUT2D eigenvalue weighted by atomic mass is 79.9. The van der Waals surface area contributed by atoms with Crippen LogP contribution in [-0.4, -0.2) is 35.0 Å². The molecule has 1 aromatic carbocycles. The fraction of sp³-hybridized carbons (Fsp3) is 0.167. The number of terminal acetylenes is 1. The zero-order valence-electron chi connectivity index (χ0n) is 9.19. The Morgan fingerprint density at radius 1 is 1.44 bits per heavy atom. The number of halogens is 2. The first-order chi connectivity index (χ1) is 8.43. The third kappa shape index (κ3) is 4.06. The minimum absolute atomic E-state index is 0.0741. The third-order valence-electron chi connectivity index (χ3n) is 2.00. The number of aliphatic carboxylic acids is 1. The van der Waals surface area contributed by atoms with Gasteiger partial charge in [0.2, 0.25) is 0 Å². The van der Waals surface area contributed by atoms with E-state index in [1.54, 1.807) is 12.1 Å². The summed E-state index contributed by atoms with van der Waals surface area (Å²) in [5, 5.41) is 9.10. The highest BCUT2D eigenvalue weighted by Gasteiger charge is 2.18. The van der Waals surface area contributed by atoms with Gasteiger partial charge >= 0.3 is 5.97 Å². The Kier molecular flexibility index (Phi) is 5.20. The highest BCUT2D eigenvalue weighted by molar-refractivity contribution is 9.10. The first-order valence-corrected chi connectivity index (χ1v) is 6.01. The van der Waals surface area contributed by atoms with E-state index in [4.69, 9.17) is 23.1 Å². The average Bonchev–Trinajstić information content (AvgIpc) is 2.25. The number of carboxylic acids is 1. The van der Waals surface area contributed by atoms with Crippen molar-refractivity contribution in [1.82, 2.24) is 4.90 Å². The Labute approximate surface area is 118 Å². The van der Waals surface area contributed by atoms with Crippen LogP contribution in [0.25, 0.3) is 0 Å². The number of carbonyl (C=O) groups is 2. The summed E-state index contributed by atoms with van der Waals surface area (Å²) in [5.41, 5.74) is 0.283. The number of nitrogens with zero attached hydrogens (tertiary/aromatic N) is 1. The molecule has 94 valence electrons. The summed E-state index contributed by atoms with van der Waals surface area (Å²) < 4.78 is 0.634. The second-order valence-electron chi connectivity index (χ2n) is 3.42. The van der Waals surface area contributed by atoms with Crippen LogP contribution in [-0.2, 0) is 4.79 Å². The van der Waals surface area contributed by atoms with Gasteiger partial charge in [-0.3, -0.25) is 9.59 Å². The fourth-order valence-corrected chi connectivity index (χ4v) is 2.19. The topological polar surface area (TPSA) is 57.6 Å². The van der Waals surface area contributed by atoms with Crippen LogP contribution in [0, 0.1) is 12.3 Å². The van der Waals surface area contributed by atoms with Crippen molar-refractivity contribution in [3.8, 4) is 12.3 Å². The zero-order chi connectivity index (χ0) is 13.7. The van der Waals surface area contributed by atoms with E-state index < -0.39 is 18.4 Å². The molecule has 0 bridgehead atoms. The normalized spacial score (nSPS) is 9.61. The summed E-state index contributed by atoms with van der Waals surface area (Å²) in [7, 11) is 0. The minimum atomic E-state index is -1.13. The van der Waals surface area contributed by atoms with E-state index in [0.29, 0.717) is 9.50 Å². The van der Waals surface area contributed by atoms with Crippen LogP contribution in [0.1, 0.15) is 10.4 Å². The molecule has 0 unspecified atom stereocenters. The van der Waals surface area contributed by atoms with Crippen molar-refractivity contribution in [3.05, 3.63) is 33.3 Å². The molecule has 1 amide bonds. The van der Waals surface area contributed by atoms with Gasteiger partial charge in [-0.25, -0.2) is 0 Å². The summed E-state index contributed by atoms with van der Waals surface area (Å²) in [6, 6.07) is 4.64. The van der Waals surface area contributed by atoms with Crippen LogP contribution in [0.2, 0.25) is 5.02 Å². The van der Waals surface area contributed by atoms with Crippen LogP contribution < -0.4 is 0 Å². The van der Waals surface area contributed by atoms with Gasteiger partial charge in [-0.1, -0.05) is 33.5 Å². The number of hydrogen-bond donors (Lipinski definition) is 1. The smallest absolute Gasteiger partial charge is 0.323 e. The summed E-state index contributed by atoms with van der Waals surface area (Å²) >= 11 is 9.03. The lowest BCUT2D eigenvalue weighted by atomic mass is 10.2. The maximum Gasteiger partial charge on any atom is 0.323 e. The molecule has 0 aliphatic heterocycles. The Bertz CT molecular complexity index is 504. The number of rotatable bonds is 4. The zero-order valence-corrected chi connectivity index (χ0v) is 11.5. The second kappa shape index (κ2) is 6.43. The Hall–Kier alpha value is -1.51. The summed E-state index contributed by atoms with van der Waals surface area (Å²) in [4.78, 5) is 23.8. The predicted molar refractivity (Wildman–Crippen MR) is 71.5 cm³/mol. The molecular weight excluding hydrogens is 321 g/mol. The first kappa shape index (κ1) is 14.6. The molecule has 0 radical (unpaired) electrons. The summed E-state index contributed by atoms with van der Waals surface area (Å²) in [6.45, 7) is -0.525. The van der Waals surface area contributed by atoms with Gasteiger partial charge in [-0.15, -0.1) is 6.42 Å². The number of carboxylic acid groups (broad SMARTS) is 1. The first-order valence-electron chi connectivity index (χ1n) is 4.84. The SMILES string of the molecule is C#CCN(CC(=O)O)C(=O)c1cc(Cl)cc(Br)c1. The number of hydrogen-bond acceptors (Lipinski definition) is 2. The van der Waals surface area contributed by atoms with Gasteiger partial charge in [-0.05, 0) is 18.2 Å². The Morgan fingerprint density at radius 3 is 2.61 bits per heavy atom. The van der Waals surface area contributed by atoms with E-state index in [1.165, 1.54) is 6.07 Å². The van der Waals surface area contributed by atoms with Gasteiger partial charge in [-0.2, -0.15) is 0 Å². The molecule has 4 nitrogen and oxygen atoms in total. The largest absolute Gasteiger partial charge is 0.480 e. The van der Waals surface area contributed by atoms with Crippen LogP contribution in [0.4, 0.5) is 0 Å². The molecule has 1 rings (SSSR count). The number of benzene rings is 1. The quantitative estimate of drug-likeness (QED) is 0.862. The average molecular weight is 331 g/mol. The minimum Gasteiger partial charge on any atom is -0.480 e. The molecule has 6 heteroatoms. The predicted octanol–water partition coefficient (Wildman–Crippen LogP) is 2.26. The lowest BCUT2D eigenvalue weighted by molar-refractivity contribution is -0.137. The molecule has 0 aliphatic rings. The molecule has 0 saturated heterocycles. The van der Waals surface area contributed by atoms with Gasteiger partial charge in [0.05, 0.1) is 6.54 Å². The van der Waals surface area contributed by atoms with E-state index in [1.807, 2.05) is 0 Å². The van der Waals surface area contributed by atoms with Crippen LogP contribution in [0.3, 0.4) is 0 Å². The molecule has 0 heterocycles. The van der Waals surface area contributed by atoms with E-state index in [-0.39, 0.29) is 12.1 Å². The summed E-state index contributed by atoms with van der Waals surface area (Å²) in [6.07, 6.45) is 5.11. The molecule has 1 aromatic rings. The lowest BCUT2D eigenvalue weighted by Gasteiger charge is -2.18. The highest BCUT2D eigenvalue weighted by Crippen LogP contribution is 2.20. The third-order valence-corrected chi connectivity index (χ3v) is 2.68. The van der Waals surface area contributed by atoms with Gasteiger partial charge in [0.15, 0.2) is 0 Å². The second-order valence-corrected chi connectivity index (χ2v) is 4.77. The van der Waals surface area contributed by atoms with Gasteiger partial charge in [0.1, 0.15) is 6.54 Å². The molecule has 0 saturated carbocycles. The molecule has 1 N–H and O–H groups in total. The Morgan fingerprint density at radius 2 is 2.11 bits per heavy atom. The van der Waals surface area contributed by atoms with Crippen molar-refractivity contribution in [1.29, 1.82) is 0 Å². The molecule has 0 atom stereocenters. The maximum absolute atomic E-state index is 12.1. The molecule has 18 heavy (non-hydrogen) atoms. The molecule has 0 spiro atoms. The summed E-state index contributed by atoms with van der Waals surface area (Å²) in [5.74, 6) is 0.651. The van der Waals surface area contributed by atoms with E-state index in [2.05, 4.69) is 21.9 Å². The van der Waals surface area contributed by atoms with Gasteiger partial charge in [0, 0.05) is 15.1 Å². The van der Waals surface area contributed by atoms with Crippen molar-refractivity contribution in [2.24, 2.45) is 0 Å². The molecule has 0 aromatic heterocycles. The molecule has 0 aliphatic carbocycles. The van der Waals surface area contributed by atoms with Crippen molar-refractivity contribution in [3.63, 3.8) is 0 Å². The van der Waals surface area contributed by atoms with Crippen LogP contribution >= 0.6 is 27.5 Å². The lowest BCUT2D eigenvalue weighted by Crippen LogP contribution is -2.36. The van der Waals surface area contributed by atoms with E-state index in [0.717, 1.165) is 4.90 Å². The van der Waals surface area contributed by atoms with Crippen molar-refractivity contribution in [2.45, 2.75) is 0 Å². The maximum atomic E-state index is 12.1. The van der Waals surface area contributed by atoms with Gasteiger partial charge < -0.3 is 10.0 Å². The van der Waals surface area contributed by atoms with E-state index >= 15 is 0 Å². The van der Waals surface area contributed by atoms with Crippen molar-refractivity contribution >= 4 is 39.4 Å². The monoisotopic (exact) mass is 329 g/mol. The van der Waals surface area contributed by atoms with Gasteiger partial charge in [0.25, 0.3) is 5.91 Å². The number of amides is 1. The van der Waals surface area contributed by atoms with Crippen molar-refractivity contribution in [2.75, 3.05) is 13.1 Å². The van der Waals surface area contributed by atoms with Crippen LogP contribution in [0.5, 0.6) is 0 Å². The van der Waals surface area contributed by atoms with Crippen LogP contribution in [0.15, 0.2) is 22.7 Å². The molecular formula is C12H9BrClNO3. The van der Waals surface area contributed by atoms with Crippen molar-refractivity contribution < 1.29 is 14.7 Å². The number of carbonyl (C=O) groups excluding carboxylic acids is 1. The Balaban J connectivity index is 3.01. The molecule has 0 fully saturated rings. The fourth-order valence-electron chi connectivity index (χ4n) is 1.33.